The predicted molar refractivity (Wildman–Crippen MR) is 122 cm³/mol. The van der Waals surface area contributed by atoms with Crippen molar-refractivity contribution in [1.29, 1.82) is 0 Å². The van der Waals surface area contributed by atoms with Gasteiger partial charge in [-0.25, -0.2) is 4.98 Å². The fourth-order valence-corrected chi connectivity index (χ4v) is 3.44. The van der Waals surface area contributed by atoms with Crippen LogP contribution in [-0.4, -0.2) is 46.6 Å². The first-order valence-electron chi connectivity index (χ1n) is 9.76. The van der Waals surface area contributed by atoms with E-state index in [-0.39, 0.29) is 17.2 Å². The maximum absolute atomic E-state index is 12.2. The van der Waals surface area contributed by atoms with Gasteiger partial charge in [0, 0.05) is 16.7 Å². The Kier molecular flexibility index (Phi) is 7.12. The van der Waals surface area contributed by atoms with E-state index in [4.69, 9.17) is 14.5 Å². The highest BCUT2D eigenvalue weighted by atomic mass is 32.2. The molecule has 1 heterocycles. The van der Waals surface area contributed by atoms with Gasteiger partial charge >= 0.3 is 0 Å². The summed E-state index contributed by atoms with van der Waals surface area (Å²) in [6.07, 6.45) is 0. The first kappa shape index (κ1) is 22.6. The standard InChI is InChI=1S/C23H26N4O3S/c1-23(2,3)25-19(28)14-31-22-24-20(15-6-10-17(29-4)11-7-15)21(26-27-22)16-8-12-18(30-5)13-9-16/h6-13H,14H2,1-5H3,(H,25,28). The Labute approximate surface area is 186 Å². The molecule has 0 aliphatic rings. The molecule has 0 atom stereocenters. The summed E-state index contributed by atoms with van der Waals surface area (Å²) in [7, 11) is 3.25. The van der Waals surface area contributed by atoms with Crippen LogP contribution in [0.5, 0.6) is 11.5 Å². The lowest BCUT2D eigenvalue weighted by Gasteiger charge is -2.20. The average Bonchev–Trinajstić information content (AvgIpc) is 2.76. The van der Waals surface area contributed by atoms with Crippen LogP contribution in [0, 0.1) is 0 Å². The van der Waals surface area contributed by atoms with E-state index in [0.29, 0.717) is 16.5 Å². The molecule has 7 nitrogen and oxygen atoms in total. The van der Waals surface area contributed by atoms with Crippen LogP contribution in [0.4, 0.5) is 0 Å². The number of thioether (sulfide) groups is 1. The quantitative estimate of drug-likeness (QED) is 0.553. The minimum atomic E-state index is -0.288. The maximum Gasteiger partial charge on any atom is 0.230 e. The average molecular weight is 439 g/mol. The van der Waals surface area contributed by atoms with E-state index in [9.17, 15) is 4.79 Å². The second-order valence-electron chi connectivity index (χ2n) is 7.84. The first-order chi connectivity index (χ1) is 14.8. The summed E-state index contributed by atoms with van der Waals surface area (Å²) in [6, 6.07) is 15.2. The number of nitrogens with one attached hydrogen (secondary N) is 1. The van der Waals surface area contributed by atoms with E-state index >= 15 is 0 Å². The Hall–Kier alpha value is -3.13. The molecule has 1 aromatic heterocycles. The van der Waals surface area contributed by atoms with Crippen LogP contribution in [0.15, 0.2) is 53.7 Å². The summed E-state index contributed by atoms with van der Waals surface area (Å²) >= 11 is 1.25. The summed E-state index contributed by atoms with van der Waals surface area (Å²) < 4.78 is 10.5. The van der Waals surface area contributed by atoms with Gasteiger partial charge in [0.05, 0.1) is 20.0 Å². The number of aromatic nitrogens is 3. The zero-order chi connectivity index (χ0) is 22.4. The van der Waals surface area contributed by atoms with Gasteiger partial charge in [0.15, 0.2) is 0 Å². The molecule has 1 amide bonds. The Morgan fingerprint density at radius 2 is 1.39 bits per heavy atom. The van der Waals surface area contributed by atoms with Crippen LogP contribution in [0.2, 0.25) is 0 Å². The zero-order valence-electron chi connectivity index (χ0n) is 18.3. The second-order valence-corrected chi connectivity index (χ2v) is 8.78. The molecule has 3 rings (SSSR count). The van der Waals surface area contributed by atoms with Gasteiger partial charge in [-0.3, -0.25) is 4.79 Å². The molecule has 3 aromatic rings. The van der Waals surface area contributed by atoms with Crippen molar-refractivity contribution in [3.05, 3.63) is 48.5 Å². The number of carbonyl (C=O) groups excluding carboxylic acids is 1. The number of benzene rings is 2. The molecule has 8 heteroatoms. The number of methoxy groups -OCH3 is 2. The molecule has 1 N–H and O–H groups in total. The molecule has 0 fully saturated rings. The molecule has 0 radical (unpaired) electrons. The van der Waals surface area contributed by atoms with E-state index in [2.05, 4.69) is 15.5 Å². The van der Waals surface area contributed by atoms with Crippen molar-refractivity contribution >= 4 is 17.7 Å². The number of hydrogen-bond donors (Lipinski definition) is 1. The third kappa shape index (κ3) is 6.18. The second kappa shape index (κ2) is 9.78. The maximum atomic E-state index is 12.2. The molecule has 162 valence electrons. The van der Waals surface area contributed by atoms with Crippen molar-refractivity contribution in [2.45, 2.75) is 31.5 Å². The number of nitrogens with zero attached hydrogens (tertiary/aromatic N) is 3. The molecule has 0 spiro atoms. The number of carbonyl (C=O) groups is 1. The molecule has 0 unspecified atom stereocenters. The molecule has 0 bridgehead atoms. The molecule has 2 aromatic carbocycles. The van der Waals surface area contributed by atoms with Gasteiger partial charge in [0.2, 0.25) is 11.1 Å². The highest BCUT2D eigenvalue weighted by molar-refractivity contribution is 7.99. The summed E-state index contributed by atoms with van der Waals surface area (Å²) in [4.78, 5) is 16.9. The van der Waals surface area contributed by atoms with Gasteiger partial charge < -0.3 is 14.8 Å². The van der Waals surface area contributed by atoms with E-state index in [1.54, 1.807) is 14.2 Å². The molecule has 0 aliphatic carbocycles. The van der Waals surface area contributed by atoms with E-state index < -0.39 is 0 Å². The molecule has 0 saturated heterocycles. The normalized spacial score (nSPS) is 11.1. The van der Waals surface area contributed by atoms with Crippen molar-refractivity contribution in [3.8, 4) is 34.0 Å². The smallest absolute Gasteiger partial charge is 0.230 e. The van der Waals surface area contributed by atoms with Crippen molar-refractivity contribution in [2.75, 3.05) is 20.0 Å². The molecular weight excluding hydrogens is 412 g/mol. The van der Waals surface area contributed by atoms with Crippen molar-refractivity contribution < 1.29 is 14.3 Å². The topological polar surface area (TPSA) is 86.2 Å². The van der Waals surface area contributed by atoms with Gasteiger partial charge in [-0.05, 0) is 69.3 Å². The lowest BCUT2D eigenvalue weighted by molar-refractivity contribution is -0.119. The third-order valence-corrected chi connectivity index (χ3v) is 5.08. The fourth-order valence-electron chi connectivity index (χ4n) is 2.85. The van der Waals surface area contributed by atoms with Crippen LogP contribution < -0.4 is 14.8 Å². The number of hydrogen-bond acceptors (Lipinski definition) is 7. The summed E-state index contributed by atoms with van der Waals surface area (Å²) in [5.41, 5.74) is 2.79. The van der Waals surface area contributed by atoms with Crippen molar-refractivity contribution in [3.63, 3.8) is 0 Å². The van der Waals surface area contributed by atoms with Gasteiger partial charge in [-0.15, -0.1) is 10.2 Å². The highest BCUT2D eigenvalue weighted by Gasteiger charge is 2.17. The van der Waals surface area contributed by atoms with Crippen LogP contribution in [0.25, 0.3) is 22.5 Å². The highest BCUT2D eigenvalue weighted by Crippen LogP contribution is 2.31. The number of amides is 1. The Bertz CT molecular complexity index is 1030. The van der Waals surface area contributed by atoms with Crippen LogP contribution in [0.1, 0.15) is 20.8 Å². The summed E-state index contributed by atoms with van der Waals surface area (Å²) in [6.45, 7) is 5.83. The SMILES string of the molecule is COc1ccc(-c2nnc(SCC(=O)NC(C)(C)C)nc2-c2ccc(OC)cc2)cc1. The Balaban J connectivity index is 1.93. The van der Waals surface area contributed by atoms with Gasteiger partial charge in [0.1, 0.15) is 22.9 Å². The molecular formula is C23H26N4O3S. The van der Waals surface area contributed by atoms with E-state index in [1.807, 2.05) is 69.3 Å². The van der Waals surface area contributed by atoms with Crippen LogP contribution >= 0.6 is 11.8 Å². The largest absolute Gasteiger partial charge is 0.497 e. The lowest BCUT2D eigenvalue weighted by Crippen LogP contribution is -2.41. The zero-order valence-corrected chi connectivity index (χ0v) is 19.1. The molecule has 31 heavy (non-hydrogen) atoms. The number of ether oxygens (including phenoxy) is 2. The minimum Gasteiger partial charge on any atom is -0.497 e. The van der Waals surface area contributed by atoms with Gasteiger partial charge in [-0.1, -0.05) is 11.8 Å². The van der Waals surface area contributed by atoms with E-state index in [1.165, 1.54) is 11.8 Å². The van der Waals surface area contributed by atoms with Gasteiger partial charge in [-0.2, -0.15) is 0 Å². The molecule has 0 aliphatic heterocycles. The van der Waals surface area contributed by atoms with Crippen molar-refractivity contribution in [2.24, 2.45) is 0 Å². The lowest BCUT2D eigenvalue weighted by atomic mass is 10.0. The Morgan fingerprint density at radius 1 is 0.871 bits per heavy atom. The Morgan fingerprint density at radius 3 is 1.87 bits per heavy atom. The number of rotatable bonds is 7. The summed E-state index contributed by atoms with van der Waals surface area (Å²) in [5, 5.41) is 12.1. The van der Waals surface area contributed by atoms with Gasteiger partial charge in [0.25, 0.3) is 0 Å². The first-order valence-corrected chi connectivity index (χ1v) is 10.7. The third-order valence-electron chi connectivity index (χ3n) is 4.24. The van der Waals surface area contributed by atoms with Crippen molar-refractivity contribution in [1.82, 2.24) is 20.5 Å². The molecule has 0 saturated carbocycles. The van der Waals surface area contributed by atoms with Crippen LogP contribution in [0.3, 0.4) is 0 Å². The predicted octanol–water partition coefficient (Wildman–Crippen LogP) is 4.23. The summed E-state index contributed by atoms with van der Waals surface area (Å²) in [5.74, 6) is 1.65. The minimum absolute atomic E-state index is 0.0775. The van der Waals surface area contributed by atoms with Crippen LogP contribution in [-0.2, 0) is 4.79 Å². The fraction of sp³-hybridized carbons (Fsp3) is 0.304. The monoisotopic (exact) mass is 438 g/mol. The van der Waals surface area contributed by atoms with E-state index in [0.717, 1.165) is 22.6 Å².